The summed E-state index contributed by atoms with van der Waals surface area (Å²) in [6.45, 7) is 0.324. The minimum atomic E-state index is -0.879. The predicted molar refractivity (Wildman–Crippen MR) is 98.9 cm³/mol. The van der Waals surface area contributed by atoms with Gasteiger partial charge in [0.15, 0.2) is 0 Å². The Morgan fingerprint density at radius 3 is 2.88 bits per heavy atom. The van der Waals surface area contributed by atoms with Crippen LogP contribution in [-0.2, 0) is 9.59 Å². The van der Waals surface area contributed by atoms with Gasteiger partial charge in [-0.2, -0.15) is 0 Å². The summed E-state index contributed by atoms with van der Waals surface area (Å²) in [5.41, 5.74) is 0.910. The van der Waals surface area contributed by atoms with Gasteiger partial charge in [0.2, 0.25) is 0 Å². The topological polar surface area (TPSA) is 66.8 Å². The number of methoxy groups -OCH3 is 1. The van der Waals surface area contributed by atoms with Crippen molar-refractivity contribution in [1.29, 1.82) is 0 Å². The molecule has 0 spiro atoms. The minimum Gasteiger partial charge on any atom is -0.496 e. The Kier molecular flexibility index (Phi) is 6.57. The Morgan fingerprint density at radius 2 is 2.17 bits per heavy atom. The molecule has 1 aromatic carbocycles. The van der Waals surface area contributed by atoms with Crippen LogP contribution in [0, 0.1) is 0 Å². The van der Waals surface area contributed by atoms with Crippen molar-refractivity contribution in [2.75, 3.05) is 13.7 Å². The fourth-order valence-corrected chi connectivity index (χ4v) is 3.40. The zero-order chi connectivity index (χ0) is 17.5. The van der Waals surface area contributed by atoms with E-state index in [1.54, 1.807) is 19.3 Å². The van der Waals surface area contributed by atoms with Crippen LogP contribution in [0.15, 0.2) is 41.3 Å². The fourth-order valence-electron chi connectivity index (χ4n) is 2.14. The number of ether oxygens (including phenoxy) is 1. The van der Waals surface area contributed by atoms with E-state index in [0.29, 0.717) is 22.2 Å². The summed E-state index contributed by atoms with van der Waals surface area (Å²) in [4.78, 5) is 24.8. The Bertz CT molecular complexity index is 712. The molecule has 126 valence electrons. The molecule has 1 amide bonds. The van der Waals surface area contributed by atoms with Gasteiger partial charge in [0.25, 0.3) is 5.91 Å². The average Bonchev–Trinajstić information content (AvgIpc) is 2.82. The van der Waals surface area contributed by atoms with Gasteiger partial charge in [0.1, 0.15) is 10.1 Å². The van der Waals surface area contributed by atoms with E-state index in [-0.39, 0.29) is 12.3 Å². The lowest BCUT2D eigenvalue weighted by Crippen LogP contribution is -2.29. The molecular weight excluding hydrogens is 346 g/mol. The van der Waals surface area contributed by atoms with Gasteiger partial charge in [-0.3, -0.25) is 14.5 Å². The minimum absolute atomic E-state index is 0.0177. The molecule has 1 aromatic rings. The first kappa shape index (κ1) is 18.2. The molecule has 1 aliphatic heterocycles. The highest BCUT2D eigenvalue weighted by Gasteiger charge is 2.31. The van der Waals surface area contributed by atoms with Crippen molar-refractivity contribution in [3.63, 3.8) is 0 Å². The Hall–Kier alpha value is -2.12. The van der Waals surface area contributed by atoms with E-state index in [9.17, 15) is 9.59 Å². The number of hydrogen-bond donors (Lipinski definition) is 1. The third-order valence-electron chi connectivity index (χ3n) is 3.31. The number of carboxylic acids is 1. The largest absolute Gasteiger partial charge is 0.496 e. The Balaban J connectivity index is 2.03. The Morgan fingerprint density at radius 1 is 1.42 bits per heavy atom. The van der Waals surface area contributed by atoms with E-state index in [1.165, 1.54) is 16.7 Å². The van der Waals surface area contributed by atoms with Crippen molar-refractivity contribution >= 4 is 46.3 Å². The van der Waals surface area contributed by atoms with Crippen LogP contribution in [0.4, 0.5) is 0 Å². The number of amides is 1. The van der Waals surface area contributed by atoms with Gasteiger partial charge < -0.3 is 9.84 Å². The van der Waals surface area contributed by atoms with Crippen LogP contribution in [0.2, 0.25) is 0 Å². The van der Waals surface area contributed by atoms with Crippen LogP contribution in [0.25, 0.3) is 6.08 Å². The highest BCUT2D eigenvalue weighted by Crippen LogP contribution is 2.31. The van der Waals surface area contributed by atoms with E-state index < -0.39 is 5.97 Å². The third kappa shape index (κ3) is 4.69. The molecule has 1 aliphatic rings. The number of hydrogen-bond acceptors (Lipinski definition) is 5. The molecule has 0 aliphatic carbocycles. The number of aliphatic carboxylic acids is 1. The van der Waals surface area contributed by atoms with Crippen LogP contribution >= 0.6 is 24.0 Å². The number of rotatable bonds is 7. The lowest BCUT2D eigenvalue weighted by molar-refractivity contribution is -0.137. The summed E-state index contributed by atoms with van der Waals surface area (Å²) in [6, 6.07) is 7.57. The van der Waals surface area contributed by atoms with Gasteiger partial charge in [-0.1, -0.05) is 54.3 Å². The van der Waals surface area contributed by atoms with Crippen molar-refractivity contribution in [1.82, 2.24) is 4.90 Å². The number of thioether (sulfide) groups is 1. The summed E-state index contributed by atoms with van der Waals surface area (Å²) >= 11 is 6.42. The van der Waals surface area contributed by atoms with E-state index >= 15 is 0 Å². The van der Waals surface area contributed by atoms with E-state index in [2.05, 4.69) is 0 Å². The molecule has 1 N–H and O–H groups in total. The third-order valence-corrected chi connectivity index (χ3v) is 4.70. The lowest BCUT2D eigenvalue weighted by Gasteiger charge is -2.12. The number of nitrogens with zero attached hydrogens (tertiary/aromatic N) is 1. The first-order chi connectivity index (χ1) is 11.5. The second kappa shape index (κ2) is 8.65. The zero-order valence-electron chi connectivity index (χ0n) is 13.1. The highest BCUT2D eigenvalue weighted by molar-refractivity contribution is 8.26. The number of allylic oxidation sites excluding steroid dienone is 2. The van der Waals surface area contributed by atoms with Crippen molar-refractivity contribution in [2.24, 2.45) is 0 Å². The summed E-state index contributed by atoms with van der Waals surface area (Å²) in [6.07, 6.45) is 5.75. The number of carboxylic acid groups (broad SMARTS) is 1. The first-order valence-corrected chi connectivity index (χ1v) is 8.52. The van der Waals surface area contributed by atoms with Gasteiger partial charge in [0.05, 0.1) is 12.0 Å². The maximum Gasteiger partial charge on any atom is 0.303 e. The van der Waals surface area contributed by atoms with E-state index in [4.69, 9.17) is 22.1 Å². The number of para-hydroxylation sites is 1. The molecule has 24 heavy (non-hydrogen) atoms. The molecule has 7 heteroatoms. The number of benzene rings is 1. The molecule has 1 fully saturated rings. The van der Waals surface area contributed by atoms with Gasteiger partial charge in [-0.25, -0.2) is 0 Å². The second-order valence-corrected chi connectivity index (χ2v) is 6.63. The predicted octanol–water partition coefficient (Wildman–Crippen LogP) is 3.32. The lowest BCUT2D eigenvalue weighted by atomic mass is 10.2. The summed E-state index contributed by atoms with van der Waals surface area (Å²) < 4.78 is 5.73. The second-order valence-electron chi connectivity index (χ2n) is 4.95. The molecular formula is C17H17NO4S2. The number of thiocarbonyl (C=S) groups is 1. The van der Waals surface area contributed by atoms with Crippen LogP contribution in [0.5, 0.6) is 5.75 Å². The van der Waals surface area contributed by atoms with E-state index in [1.807, 2.05) is 30.3 Å². The molecule has 0 bridgehead atoms. The van der Waals surface area contributed by atoms with Crippen LogP contribution < -0.4 is 4.74 Å². The van der Waals surface area contributed by atoms with Gasteiger partial charge in [-0.15, -0.1) is 0 Å². The molecule has 0 atom stereocenters. The summed E-state index contributed by atoms with van der Waals surface area (Å²) in [5, 5.41) is 8.67. The number of carbonyl (C=O) groups excluding carboxylic acids is 1. The van der Waals surface area contributed by atoms with Gasteiger partial charge >= 0.3 is 5.97 Å². The smallest absolute Gasteiger partial charge is 0.303 e. The standard InChI is InChI=1S/C17H17NO4S2/c1-22-13-8-3-2-6-12(13)7-4-9-14-16(21)18(17(23)24-14)11-5-10-15(19)20/h2-4,6-9H,5,10-11H2,1H3,(H,19,20). The first-order valence-electron chi connectivity index (χ1n) is 7.29. The molecule has 1 saturated heterocycles. The van der Waals surface area contributed by atoms with E-state index in [0.717, 1.165) is 11.3 Å². The molecule has 0 aromatic heterocycles. The Labute approximate surface area is 150 Å². The average molecular weight is 363 g/mol. The van der Waals surface area contributed by atoms with Gasteiger partial charge in [-0.05, 0) is 18.6 Å². The molecule has 0 radical (unpaired) electrons. The molecule has 2 rings (SSSR count). The normalized spacial score (nSPS) is 16.4. The maximum atomic E-state index is 12.3. The van der Waals surface area contributed by atoms with Crippen LogP contribution in [0.1, 0.15) is 18.4 Å². The monoisotopic (exact) mass is 363 g/mol. The van der Waals surface area contributed by atoms with Gasteiger partial charge in [0, 0.05) is 18.5 Å². The molecule has 0 saturated carbocycles. The SMILES string of the molecule is COc1ccccc1C=CC=C1SC(=S)N(CCCC(=O)O)C1=O. The van der Waals surface area contributed by atoms with Crippen LogP contribution in [-0.4, -0.2) is 39.9 Å². The van der Waals surface area contributed by atoms with Crippen molar-refractivity contribution in [3.05, 3.63) is 46.9 Å². The summed E-state index contributed by atoms with van der Waals surface area (Å²) in [5.74, 6) is -0.306. The quantitative estimate of drug-likeness (QED) is 0.592. The highest BCUT2D eigenvalue weighted by atomic mass is 32.2. The van der Waals surface area contributed by atoms with Crippen molar-refractivity contribution < 1.29 is 19.4 Å². The summed E-state index contributed by atoms with van der Waals surface area (Å²) in [7, 11) is 1.61. The molecule has 0 unspecified atom stereocenters. The van der Waals surface area contributed by atoms with Crippen LogP contribution in [0.3, 0.4) is 0 Å². The zero-order valence-corrected chi connectivity index (χ0v) is 14.7. The number of carbonyl (C=O) groups is 2. The van der Waals surface area contributed by atoms with Crippen molar-refractivity contribution in [3.8, 4) is 5.75 Å². The molecule has 1 heterocycles. The fraction of sp³-hybridized carbons (Fsp3) is 0.235. The molecule has 5 nitrogen and oxygen atoms in total. The maximum absolute atomic E-state index is 12.3. The van der Waals surface area contributed by atoms with Crippen molar-refractivity contribution in [2.45, 2.75) is 12.8 Å².